The molecule has 27 heavy (non-hydrogen) atoms. The van der Waals surface area contributed by atoms with E-state index in [4.69, 9.17) is 14.7 Å². The number of aromatic nitrogens is 2. The Morgan fingerprint density at radius 1 is 0.926 bits per heavy atom. The lowest BCUT2D eigenvalue weighted by molar-refractivity contribution is 0.122. The Kier molecular flexibility index (Phi) is 5.30. The Morgan fingerprint density at radius 2 is 1.59 bits per heavy atom. The zero-order chi connectivity index (χ0) is 18.5. The Bertz CT molecular complexity index is 864. The Morgan fingerprint density at radius 3 is 2.30 bits per heavy atom. The molecule has 0 aliphatic carbocycles. The molecule has 0 saturated carbocycles. The Labute approximate surface area is 160 Å². The predicted octanol–water partition coefficient (Wildman–Crippen LogP) is 3.96. The minimum atomic E-state index is 0.719. The first kappa shape index (κ1) is 17.5. The van der Waals surface area contributed by atoms with Crippen molar-refractivity contribution in [1.29, 1.82) is 0 Å². The molecule has 5 nitrogen and oxygen atoms in total. The quantitative estimate of drug-likeness (QED) is 0.689. The summed E-state index contributed by atoms with van der Waals surface area (Å²) in [4.78, 5) is 14.1. The zero-order valence-electron chi connectivity index (χ0n) is 15.6. The fourth-order valence-electron chi connectivity index (χ4n) is 3.26. The maximum absolute atomic E-state index is 5.48. The van der Waals surface area contributed by atoms with Crippen molar-refractivity contribution in [1.82, 2.24) is 9.97 Å². The van der Waals surface area contributed by atoms with Crippen molar-refractivity contribution < 1.29 is 4.74 Å². The van der Waals surface area contributed by atoms with Gasteiger partial charge >= 0.3 is 0 Å². The van der Waals surface area contributed by atoms with E-state index in [0.717, 1.165) is 56.0 Å². The van der Waals surface area contributed by atoms with Crippen molar-refractivity contribution in [3.63, 3.8) is 0 Å². The molecule has 0 spiro atoms. The van der Waals surface area contributed by atoms with Gasteiger partial charge in [0.05, 0.1) is 19.8 Å². The molecule has 138 valence electrons. The summed E-state index contributed by atoms with van der Waals surface area (Å²) in [5.74, 6) is 1.70. The molecule has 4 rings (SSSR count). The van der Waals surface area contributed by atoms with Crippen molar-refractivity contribution >= 4 is 17.5 Å². The molecule has 0 N–H and O–H groups in total. The van der Waals surface area contributed by atoms with E-state index in [0.29, 0.717) is 0 Å². The van der Waals surface area contributed by atoms with Crippen molar-refractivity contribution in [3.8, 4) is 0 Å². The van der Waals surface area contributed by atoms with Gasteiger partial charge in [-0.1, -0.05) is 48.5 Å². The summed E-state index contributed by atoms with van der Waals surface area (Å²) in [6, 6.07) is 22.8. The first-order chi connectivity index (χ1) is 13.3. The SMILES string of the molecule is Cc1cc(N2CCOCC2)nc(N(Cc2ccccc2)c2ccccc2)n1. The summed E-state index contributed by atoms with van der Waals surface area (Å²) in [5.41, 5.74) is 3.27. The van der Waals surface area contributed by atoms with Gasteiger partial charge in [-0.15, -0.1) is 0 Å². The first-order valence-electron chi connectivity index (χ1n) is 9.34. The van der Waals surface area contributed by atoms with Crippen LogP contribution in [0, 0.1) is 6.92 Å². The molecule has 1 fully saturated rings. The fraction of sp³-hybridized carbons (Fsp3) is 0.273. The van der Waals surface area contributed by atoms with Gasteiger partial charge in [0, 0.05) is 30.5 Å². The highest BCUT2D eigenvalue weighted by molar-refractivity contribution is 5.59. The second-order valence-electron chi connectivity index (χ2n) is 6.67. The summed E-state index contributed by atoms with van der Waals surface area (Å²) in [6.07, 6.45) is 0. The summed E-state index contributed by atoms with van der Waals surface area (Å²) >= 11 is 0. The molecule has 5 heteroatoms. The lowest BCUT2D eigenvalue weighted by atomic mass is 10.2. The van der Waals surface area contributed by atoms with Gasteiger partial charge in [-0.2, -0.15) is 4.98 Å². The van der Waals surface area contributed by atoms with E-state index in [1.165, 1.54) is 5.56 Å². The maximum Gasteiger partial charge on any atom is 0.232 e. The highest BCUT2D eigenvalue weighted by atomic mass is 16.5. The van der Waals surface area contributed by atoms with Gasteiger partial charge in [-0.3, -0.25) is 0 Å². The molecule has 1 saturated heterocycles. The van der Waals surface area contributed by atoms with Crippen molar-refractivity contribution in [2.45, 2.75) is 13.5 Å². The van der Waals surface area contributed by atoms with Crippen molar-refractivity contribution in [3.05, 3.63) is 78.0 Å². The average Bonchev–Trinajstić information content (AvgIpc) is 2.73. The molecular weight excluding hydrogens is 336 g/mol. The molecule has 0 radical (unpaired) electrons. The minimum Gasteiger partial charge on any atom is -0.378 e. The topological polar surface area (TPSA) is 41.5 Å². The standard InChI is InChI=1S/C22H24N4O/c1-18-16-21(25-12-14-27-15-13-25)24-22(23-18)26(20-10-6-3-7-11-20)17-19-8-4-2-5-9-19/h2-11,16H,12-15,17H2,1H3. The number of aryl methyl sites for hydroxylation is 1. The number of hydrogen-bond donors (Lipinski definition) is 0. The van der Waals surface area contributed by atoms with Crippen LogP contribution in [-0.4, -0.2) is 36.3 Å². The van der Waals surface area contributed by atoms with Crippen LogP contribution in [0.5, 0.6) is 0 Å². The number of anilines is 3. The summed E-state index contributed by atoms with van der Waals surface area (Å²) in [6.45, 7) is 5.95. The number of benzene rings is 2. The lowest BCUT2D eigenvalue weighted by Crippen LogP contribution is -2.37. The van der Waals surface area contributed by atoms with E-state index in [2.05, 4.69) is 52.3 Å². The molecule has 3 aromatic rings. The summed E-state index contributed by atoms with van der Waals surface area (Å²) in [5, 5.41) is 0. The van der Waals surface area contributed by atoms with Crippen molar-refractivity contribution in [2.75, 3.05) is 36.1 Å². The average molecular weight is 360 g/mol. The normalized spacial score (nSPS) is 14.2. The van der Waals surface area contributed by atoms with Crippen LogP contribution in [0.25, 0.3) is 0 Å². The Hall–Kier alpha value is -2.92. The molecule has 1 aromatic heterocycles. The van der Waals surface area contributed by atoms with Crippen LogP contribution in [0.4, 0.5) is 17.5 Å². The number of rotatable bonds is 5. The van der Waals surface area contributed by atoms with Gasteiger partial charge in [-0.05, 0) is 24.6 Å². The number of para-hydroxylation sites is 1. The van der Waals surface area contributed by atoms with Crippen molar-refractivity contribution in [2.24, 2.45) is 0 Å². The third kappa shape index (κ3) is 4.26. The lowest BCUT2D eigenvalue weighted by Gasteiger charge is -2.29. The Balaban J connectivity index is 1.72. The fourth-order valence-corrected chi connectivity index (χ4v) is 3.26. The molecule has 0 unspecified atom stereocenters. The summed E-state index contributed by atoms with van der Waals surface area (Å²) in [7, 11) is 0. The van der Waals surface area contributed by atoms with Gasteiger partial charge in [0.25, 0.3) is 0 Å². The second-order valence-corrected chi connectivity index (χ2v) is 6.67. The van der Waals surface area contributed by atoms with Crippen LogP contribution in [0.1, 0.15) is 11.3 Å². The monoisotopic (exact) mass is 360 g/mol. The van der Waals surface area contributed by atoms with Gasteiger partial charge < -0.3 is 14.5 Å². The second kappa shape index (κ2) is 8.18. The van der Waals surface area contributed by atoms with Gasteiger partial charge in [-0.25, -0.2) is 4.98 Å². The van der Waals surface area contributed by atoms with Crippen LogP contribution in [-0.2, 0) is 11.3 Å². The highest BCUT2D eigenvalue weighted by Crippen LogP contribution is 2.27. The number of morpholine rings is 1. The molecule has 2 aromatic carbocycles. The maximum atomic E-state index is 5.48. The minimum absolute atomic E-state index is 0.719. The molecule has 1 aliphatic rings. The highest BCUT2D eigenvalue weighted by Gasteiger charge is 2.18. The number of ether oxygens (including phenoxy) is 1. The van der Waals surface area contributed by atoms with E-state index in [-0.39, 0.29) is 0 Å². The van der Waals surface area contributed by atoms with Crippen LogP contribution >= 0.6 is 0 Å². The molecule has 1 aliphatic heterocycles. The molecular formula is C22H24N4O. The summed E-state index contributed by atoms with van der Waals surface area (Å²) < 4.78 is 5.48. The van der Waals surface area contributed by atoms with Crippen LogP contribution < -0.4 is 9.80 Å². The van der Waals surface area contributed by atoms with E-state index in [9.17, 15) is 0 Å². The van der Waals surface area contributed by atoms with E-state index >= 15 is 0 Å². The smallest absolute Gasteiger partial charge is 0.232 e. The van der Waals surface area contributed by atoms with Gasteiger partial charge in [0.2, 0.25) is 5.95 Å². The molecule has 2 heterocycles. The van der Waals surface area contributed by atoms with Crippen LogP contribution in [0.2, 0.25) is 0 Å². The third-order valence-electron chi connectivity index (χ3n) is 4.66. The molecule has 0 atom stereocenters. The molecule has 0 bridgehead atoms. The van der Waals surface area contributed by atoms with E-state index in [1.54, 1.807) is 0 Å². The number of hydrogen-bond acceptors (Lipinski definition) is 5. The number of nitrogens with zero attached hydrogens (tertiary/aromatic N) is 4. The van der Waals surface area contributed by atoms with Crippen LogP contribution in [0.3, 0.4) is 0 Å². The largest absolute Gasteiger partial charge is 0.378 e. The predicted molar refractivity (Wildman–Crippen MR) is 109 cm³/mol. The van der Waals surface area contributed by atoms with E-state index < -0.39 is 0 Å². The van der Waals surface area contributed by atoms with Crippen LogP contribution in [0.15, 0.2) is 66.7 Å². The first-order valence-corrected chi connectivity index (χ1v) is 9.34. The van der Waals surface area contributed by atoms with Gasteiger partial charge in [0.1, 0.15) is 5.82 Å². The van der Waals surface area contributed by atoms with E-state index in [1.807, 2.05) is 31.2 Å². The zero-order valence-corrected chi connectivity index (χ0v) is 15.6. The third-order valence-corrected chi connectivity index (χ3v) is 4.66. The molecule has 0 amide bonds. The van der Waals surface area contributed by atoms with Gasteiger partial charge in [0.15, 0.2) is 0 Å².